The fourth-order valence-electron chi connectivity index (χ4n) is 6.37. The minimum atomic E-state index is -3.54. The minimum absolute atomic E-state index is 0.0705. The summed E-state index contributed by atoms with van der Waals surface area (Å²) < 4.78 is 27.0. The highest BCUT2D eigenvalue weighted by Gasteiger charge is 2.59. The van der Waals surface area contributed by atoms with Crippen molar-refractivity contribution in [2.75, 3.05) is 6.61 Å². The Balaban J connectivity index is 1.37. The van der Waals surface area contributed by atoms with Gasteiger partial charge in [-0.3, -0.25) is 4.79 Å². The Labute approximate surface area is 318 Å². The van der Waals surface area contributed by atoms with Crippen molar-refractivity contribution in [1.82, 2.24) is 5.32 Å². The van der Waals surface area contributed by atoms with E-state index in [4.69, 9.17) is 29.1 Å². The van der Waals surface area contributed by atoms with Crippen molar-refractivity contribution in [2.24, 2.45) is 5.73 Å². The van der Waals surface area contributed by atoms with Gasteiger partial charge >= 0.3 is 11.9 Å². The third kappa shape index (κ3) is 7.83. The van der Waals surface area contributed by atoms with Gasteiger partial charge in [0.15, 0.2) is 23.0 Å². The second-order valence-corrected chi connectivity index (χ2v) is 13.4. The Morgan fingerprint density at radius 3 is 2.28 bits per heavy atom. The van der Waals surface area contributed by atoms with Crippen LogP contribution in [0.3, 0.4) is 0 Å². The van der Waals surface area contributed by atoms with Crippen molar-refractivity contribution in [3.05, 3.63) is 69.5 Å². The largest absolute Gasteiger partial charge is 0.507 e. The summed E-state index contributed by atoms with van der Waals surface area (Å²) in [6, 6.07) is 4.50. The van der Waals surface area contributed by atoms with Gasteiger partial charge in [0.2, 0.25) is 24.5 Å². The number of fused-ring (bicyclic) bond motifs is 1. The molecule has 0 amide bonds. The SMILES string of the molecule is NC1C=CC(Cc2c(OC3OC(C(=O)OC4OC(C(=O)O)C(O)(O)C(O)C4O)C(O)C(O)C3O)cc3oc(-c4cc(O)c(O)c(CCO)c4)cc(=O)c3c2O)=CN1. The molecular weight excluding hydrogens is 768 g/mol. The maximum absolute atomic E-state index is 13.5. The zero-order valence-electron chi connectivity index (χ0n) is 29.1. The molecule has 4 heterocycles. The van der Waals surface area contributed by atoms with E-state index in [-0.39, 0.29) is 52.0 Å². The lowest BCUT2D eigenvalue weighted by atomic mass is 9.94. The van der Waals surface area contributed by atoms with Crippen LogP contribution in [-0.4, -0.2) is 147 Å². The number of carbonyl (C=O) groups excluding carboxylic acids is 1. The van der Waals surface area contributed by atoms with Gasteiger partial charge in [-0.1, -0.05) is 6.08 Å². The van der Waals surface area contributed by atoms with E-state index in [0.717, 1.165) is 18.2 Å². The van der Waals surface area contributed by atoms with Crippen LogP contribution in [0.4, 0.5) is 0 Å². The smallest absolute Gasteiger partial charge is 0.340 e. The number of esters is 1. The lowest BCUT2D eigenvalue weighted by Gasteiger charge is -2.43. The topological polar surface area (TPSA) is 382 Å². The van der Waals surface area contributed by atoms with Gasteiger partial charge in [0, 0.05) is 48.1 Å². The maximum Gasteiger partial charge on any atom is 0.340 e. The summed E-state index contributed by atoms with van der Waals surface area (Å²) in [6.45, 7) is -0.402. The molecule has 57 heavy (non-hydrogen) atoms. The van der Waals surface area contributed by atoms with Crippen LogP contribution >= 0.6 is 0 Å². The monoisotopic (exact) mass is 806 g/mol. The van der Waals surface area contributed by atoms with Gasteiger partial charge in [-0.25, -0.2) is 9.59 Å². The molecule has 2 fully saturated rings. The number of carboxylic acid groups (broad SMARTS) is 1. The van der Waals surface area contributed by atoms with Crippen LogP contribution in [0, 0.1) is 0 Å². The molecule has 308 valence electrons. The number of carbonyl (C=O) groups is 2. The number of nitrogens with one attached hydrogen (secondary N) is 1. The van der Waals surface area contributed by atoms with Crippen LogP contribution in [-0.2, 0) is 36.6 Å². The highest BCUT2D eigenvalue weighted by molar-refractivity contribution is 5.88. The van der Waals surface area contributed by atoms with E-state index in [1.165, 1.54) is 12.3 Å². The maximum atomic E-state index is 13.5. The number of rotatable bonds is 10. The molecule has 3 aromatic rings. The Morgan fingerprint density at radius 2 is 1.63 bits per heavy atom. The van der Waals surface area contributed by atoms with E-state index in [1.807, 2.05) is 0 Å². The second-order valence-electron chi connectivity index (χ2n) is 13.4. The first-order chi connectivity index (χ1) is 26.8. The zero-order valence-corrected chi connectivity index (χ0v) is 29.1. The number of nitrogens with two attached hydrogens (primary N) is 1. The zero-order chi connectivity index (χ0) is 41.7. The molecule has 1 aromatic heterocycles. The van der Waals surface area contributed by atoms with Crippen LogP contribution in [0.25, 0.3) is 22.3 Å². The molecule has 15 N–H and O–H groups in total. The van der Waals surface area contributed by atoms with Gasteiger partial charge in [0.25, 0.3) is 0 Å². The third-order valence-corrected chi connectivity index (χ3v) is 9.45. The first-order valence-electron chi connectivity index (χ1n) is 17.0. The van der Waals surface area contributed by atoms with E-state index in [1.54, 1.807) is 12.2 Å². The van der Waals surface area contributed by atoms with Crippen LogP contribution in [0.1, 0.15) is 11.1 Å². The van der Waals surface area contributed by atoms with Gasteiger partial charge in [0.1, 0.15) is 58.7 Å². The second kappa shape index (κ2) is 15.9. The number of benzene rings is 2. The third-order valence-electron chi connectivity index (χ3n) is 9.45. The summed E-state index contributed by atoms with van der Waals surface area (Å²) >= 11 is 0. The number of aliphatic carboxylic acids is 1. The number of ether oxygens (including phenoxy) is 4. The standard InChI is InChI=1S/C35H38N2O20/c36-20-2-1-11(10-37-20)5-14-18(9-19-21(23(14)42)15(39)8-17(53-19)13-6-12(3-4-38)22(41)16(40)7-13)54-33-26(45)24(43)25(44)28(55-33)32(50)57-34-27(46)29(47)35(51,52)30(56-34)31(48)49/h1-2,6-10,20,24-30,33-34,37-38,40-47,51-52H,3-5,36H2,(H,48,49). The van der Waals surface area contributed by atoms with E-state index in [2.05, 4.69) is 5.32 Å². The summed E-state index contributed by atoms with van der Waals surface area (Å²) in [5.41, 5.74) is 5.20. The summed E-state index contributed by atoms with van der Waals surface area (Å²) in [6.07, 6.45) is -17.5. The highest BCUT2D eigenvalue weighted by Crippen LogP contribution is 2.41. The highest BCUT2D eigenvalue weighted by atomic mass is 16.8. The van der Waals surface area contributed by atoms with Gasteiger partial charge in [0.05, 0.1) is 6.17 Å². The van der Waals surface area contributed by atoms with Crippen molar-refractivity contribution in [3.63, 3.8) is 0 Å². The van der Waals surface area contributed by atoms with E-state index < -0.39 is 108 Å². The fourth-order valence-corrected chi connectivity index (χ4v) is 6.37. The molecule has 0 aliphatic carbocycles. The number of carboxylic acids is 1. The molecule has 2 aromatic carbocycles. The number of phenols is 3. The predicted molar refractivity (Wildman–Crippen MR) is 185 cm³/mol. The molecule has 22 heteroatoms. The Morgan fingerprint density at radius 1 is 0.912 bits per heavy atom. The number of hydrogen-bond donors (Lipinski definition) is 14. The molecule has 6 rings (SSSR count). The van der Waals surface area contributed by atoms with Gasteiger partial charge in [-0.15, -0.1) is 0 Å². The lowest BCUT2D eigenvalue weighted by Crippen LogP contribution is -2.69. The van der Waals surface area contributed by atoms with Gasteiger partial charge in [-0.2, -0.15) is 0 Å². The Hall–Kier alpha value is -5.37. The number of aromatic hydroxyl groups is 3. The van der Waals surface area contributed by atoms with Crippen LogP contribution in [0.15, 0.2) is 57.4 Å². The van der Waals surface area contributed by atoms with Gasteiger partial charge in [-0.05, 0) is 30.2 Å². The average Bonchev–Trinajstić information content (AvgIpc) is 3.15. The number of aliphatic hydroxyl groups is 8. The van der Waals surface area contributed by atoms with Crippen molar-refractivity contribution in [3.8, 4) is 34.3 Å². The quantitative estimate of drug-likeness (QED) is 0.0526. The number of allylic oxidation sites excluding steroid dienone is 2. The molecule has 0 bridgehead atoms. The minimum Gasteiger partial charge on any atom is -0.507 e. The molecule has 10 unspecified atom stereocenters. The summed E-state index contributed by atoms with van der Waals surface area (Å²) in [4.78, 5) is 38.3. The number of dihydropyridines is 1. The van der Waals surface area contributed by atoms with Crippen LogP contribution in [0.2, 0.25) is 0 Å². The molecule has 10 atom stereocenters. The summed E-state index contributed by atoms with van der Waals surface area (Å²) in [5, 5.41) is 126. The first kappa shape index (κ1) is 41.3. The molecule has 0 radical (unpaired) electrons. The number of hydrogen-bond acceptors (Lipinski definition) is 21. The van der Waals surface area contributed by atoms with Crippen molar-refractivity contribution >= 4 is 22.9 Å². The Bertz CT molecular complexity index is 2170. The van der Waals surface area contributed by atoms with Gasteiger partial charge < -0.3 is 95.7 Å². The molecule has 3 aliphatic heterocycles. The number of aliphatic hydroxyl groups excluding tert-OH is 6. The summed E-state index contributed by atoms with van der Waals surface area (Å²) in [5.74, 6) is -9.67. The number of phenolic OH excluding ortho intramolecular Hbond substituents is 3. The van der Waals surface area contributed by atoms with E-state index >= 15 is 0 Å². The lowest BCUT2D eigenvalue weighted by molar-refractivity contribution is -0.372. The summed E-state index contributed by atoms with van der Waals surface area (Å²) in [7, 11) is 0. The van der Waals surface area contributed by atoms with E-state index in [0.29, 0.717) is 5.57 Å². The van der Waals surface area contributed by atoms with Crippen molar-refractivity contribution in [1.29, 1.82) is 0 Å². The molecular formula is C35H38N2O20. The van der Waals surface area contributed by atoms with Crippen LogP contribution in [0.5, 0.6) is 23.0 Å². The molecule has 0 spiro atoms. The molecule has 22 nitrogen and oxygen atoms in total. The molecule has 0 saturated carbocycles. The van der Waals surface area contributed by atoms with Crippen molar-refractivity contribution in [2.45, 2.75) is 80.1 Å². The van der Waals surface area contributed by atoms with Crippen molar-refractivity contribution < 1.29 is 94.2 Å². The molecule has 2 saturated heterocycles. The normalized spacial score (nSPS) is 29.7. The fraction of sp³-hybridized carbons (Fsp3) is 0.400. The average molecular weight is 807 g/mol. The molecule has 3 aliphatic rings. The predicted octanol–water partition coefficient (Wildman–Crippen LogP) is -4.08. The Kier molecular flexibility index (Phi) is 11.5. The van der Waals surface area contributed by atoms with Crippen LogP contribution < -0.4 is 21.2 Å². The first-order valence-corrected chi connectivity index (χ1v) is 17.0. The van der Waals surface area contributed by atoms with E-state index in [9.17, 15) is 75.7 Å².